The number of phenols is 1. The fraction of sp³-hybridized carbons (Fsp3) is 0.492. The topological polar surface area (TPSA) is 203 Å². The van der Waals surface area contributed by atoms with Crippen LogP contribution in [-0.2, 0) is 23.1 Å². The SMILES string of the molecule is CCc1cccc2cc(O)cc(-c3ncc4c(N5CC6CCC(C5)N6)nc(OCCN5CCC(CC6CN(c7cc(C(C(=O)N8C[C@H](O)C[C@H]8C(=O)NC(C)c8ccc(-c9ccnn9C)cc8)C(C)C)on7)C6)CC5)nc4c3F)c12. The number of halogens is 1. The number of aryl methyl sites for hydroxylation is 2. The van der Waals surface area contributed by atoms with Gasteiger partial charge < -0.3 is 44.8 Å². The number of carbonyl (C=O) groups excluding carboxylic acids is 2. The minimum atomic E-state index is -0.820. The van der Waals surface area contributed by atoms with Gasteiger partial charge in [0.1, 0.15) is 41.3 Å². The van der Waals surface area contributed by atoms with Crippen LogP contribution in [0.2, 0.25) is 0 Å². The van der Waals surface area contributed by atoms with Gasteiger partial charge in [0.2, 0.25) is 11.8 Å². The number of aromatic nitrogens is 6. The third-order valence-electron chi connectivity index (χ3n) is 17.6. The molecule has 5 aliphatic heterocycles. The summed E-state index contributed by atoms with van der Waals surface area (Å²) in [7, 11) is 1.90. The van der Waals surface area contributed by atoms with Crippen molar-refractivity contribution in [2.45, 2.75) is 109 Å². The quantitative estimate of drug-likeness (QED) is 0.0688. The number of carbonyl (C=O) groups is 2. The Morgan fingerprint density at radius 3 is 2.42 bits per heavy atom. The molecule has 2 amide bonds. The lowest BCUT2D eigenvalue weighted by Gasteiger charge is -2.42. The molecule has 0 saturated carbocycles. The summed E-state index contributed by atoms with van der Waals surface area (Å²) in [5.41, 5.74) is 4.79. The van der Waals surface area contributed by atoms with Crippen molar-refractivity contribution in [2.75, 3.05) is 68.8 Å². The minimum Gasteiger partial charge on any atom is -0.508 e. The molecule has 7 aromatic rings. The van der Waals surface area contributed by atoms with E-state index in [-0.39, 0.29) is 59.7 Å². The summed E-state index contributed by atoms with van der Waals surface area (Å²) >= 11 is 0. The summed E-state index contributed by atoms with van der Waals surface area (Å²) in [4.78, 5) is 51.0. The zero-order valence-corrected chi connectivity index (χ0v) is 46.4. The first-order valence-corrected chi connectivity index (χ1v) is 28.8. The third kappa shape index (κ3) is 10.7. The maximum Gasteiger partial charge on any atom is 0.319 e. The first-order chi connectivity index (χ1) is 38.7. The molecular weight excluding hydrogens is 1020 g/mol. The number of amides is 2. The molecular formula is C61H73FN12O6. The Hall–Kier alpha value is -7.22. The van der Waals surface area contributed by atoms with E-state index < -0.39 is 23.9 Å². The van der Waals surface area contributed by atoms with Gasteiger partial charge in [0.15, 0.2) is 17.4 Å². The number of nitrogens with one attached hydrogen (secondary N) is 2. The number of ether oxygens (including phenoxy) is 1. The second-order valence-electron chi connectivity index (χ2n) is 23.5. The predicted molar refractivity (Wildman–Crippen MR) is 304 cm³/mol. The largest absolute Gasteiger partial charge is 0.508 e. The Bertz CT molecular complexity index is 3380. The zero-order chi connectivity index (χ0) is 55.3. The van der Waals surface area contributed by atoms with Crippen molar-refractivity contribution in [1.29, 1.82) is 0 Å². The van der Waals surface area contributed by atoms with Gasteiger partial charge in [-0.25, -0.2) is 4.39 Å². The monoisotopic (exact) mass is 1090 g/mol. The van der Waals surface area contributed by atoms with E-state index in [4.69, 9.17) is 24.2 Å². The number of aromatic hydroxyl groups is 1. The number of hydrogen-bond donors (Lipinski definition) is 4. The molecule has 4 aromatic heterocycles. The molecule has 5 aliphatic rings. The molecule has 6 atom stereocenters. The Balaban J connectivity index is 0.640. The highest BCUT2D eigenvalue weighted by atomic mass is 19.1. The highest BCUT2D eigenvalue weighted by Crippen LogP contribution is 2.40. The average Bonchev–Trinajstić information content (AvgIpc) is 4.30. The fourth-order valence-electron chi connectivity index (χ4n) is 13.3. The summed E-state index contributed by atoms with van der Waals surface area (Å²) in [6.07, 6.45) is 8.97. The van der Waals surface area contributed by atoms with Gasteiger partial charge in [0, 0.05) is 88.8 Å². The van der Waals surface area contributed by atoms with Crippen molar-refractivity contribution in [3.8, 4) is 34.3 Å². The number of β-amino-alcohol motifs (C(OH)–C–C–N with tert-alkyl or cyclic N) is 1. The standard InChI is InChI=1S/C61H73FN12O6/c1-6-39-8-7-9-42-25-45(75)26-47(54(39)42)56-55(62)57-48(29-63-56)58(73-32-43-14-15-44(33-73)66-43)68-61(67-57)79-23-22-71-20-17-37(18-21-71)24-38-30-72(31-38)52-28-51(80-69-52)53(35(2)3)60(78)74-34-46(76)27-50(74)59(77)65-36(4)40-10-12-41(13-11-40)49-16-19-64-70(49)5/h7-13,16,19,25-26,28-29,35-38,43-44,46,50,53,66,75-76H,6,14-15,17-18,20-24,27,30-34H2,1-5H3,(H,65,77)/t36?,43?,44?,46-,50+,53?/m1/s1. The van der Waals surface area contributed by atoms with E-state index in [0.717, 1.165) is 111 Å². The second kappa shape index (κ2) is 22.4. The molecule has 0 aliphatic carbocycles. The van der Waals surface area contributed by atoms with Gasteiger partial charge >= 0.3 is 6.01 Å². The normalized spacial score (nSPS) is 21.7. The van der Waals surface area contributed by atoms with Crippen LogP contribution in [0.5, 0.6) is 11.8 Å². The van der Waals surface area contributed by atoms with Crippen LogP contribution in [0, 0.1) is 23.6 Å². The summed E-state index contributed by atoms with van der Waals surface area (Å²) in [5.74, 6) is 1.02. The van der Waals surface area contributed by atoms with Gasteiger partial charge in [0.25, 0.3) is 0 Å². The number of aliphatic hydroxyl groups is 1. The molecule has 5 fully saturated rings. The number of phenolic OH excluding ortho intramolecular Hbond substituents is 1. The van der Waals surface area contributed by atoms with Crippen LogP contribution in [0.4, 0.5) is 16.0 Å². The summed E-state index contributed by atoms with van der Waals surface area (Å²) in [6, 6.07) is 20.7. The molecule has 4 unspecified atom stereocenters. The van der Waals surface area contributed by atoms with Crippen molar-refractivity contribution in [3.05, 3.63) is 102 Å². The van der Waals surface area contributed by atoms with Crippen molar-refractivity contribution < 1.29 is 33.5 Å². The molecule has 2 bridgehead atoms. The molecule has 19 heteroatoms. The number of benzene rings is 3. The van der Waals surface area contributed by atoms with Crippen molar-refractivity contribution in [1.82, 2.24) is 50.3 Å². The Morgan fingerprint density at radius 2 is 1.70 bits per heavy atom. The van der Waals surface area contributed by atoms with E-state index in [1.807, 2.05) is 87.1 Å². The van der Waals surface area contributed by atoms with Gasteiger partial charge in [-0.1, -0.05) is 68.4 Å². The maximum atomic E-state index is 17.1. The lowest BCUT2D eigenvalue weighted by Crippen LogP contribution is -2.51. The van der Waals surface area contributed by atoms with E-state index in [1.165, 1.54) is 4.90 Å². The van der Waals surface area contributed by atoms with Crippen LogP contribution in [0.25, 0.3) is 44.2 Å². The number of piperazine rings is 1. The predicted octanol–water partition coefficient (Wildman–Crippen LogP) is 7.78. The van der Waals surface area contributed by atoms with E-state index in [2.05, 4.69) is 42.5 Å². The minimum absolute atomic E-state index is 0.0434. The van der Waals surface area contributed by atoms with Crippen LogP contribution in [0.15, 0.2) is 83.6 Å². The molecule has 0 spiro atoms. The third-order valence-corrected chi connectivity index (χ3v) is 17.6. The van der Waals surface area contributed by atoms with E-state index >= 15 is 4.39 Å². The molecule has 3 aromatic carbocycles. The number of nitrogens with zero attached hydrogens (tertiary/aromatic N) is 10. The second-order valence-corrected chi connectivity index (χ2v) is 23.5. The number of fused-ring (bicyclic) bond motifs is 4. The number of aliphatic hydroxyl groups excluding tert-OH is 1. The van der Waals surface area contributed by atoms with Gasteiger partial charge in [-0.15, -0.1) is 0 Å². The Labute approximate surface area is 465 Å². The van der Waals surface area contributed by atoms with Gasteiger partial charge in [-0.05, 0) is 122 Å². The van der Waals surface area contributed by atoms with E-state index in [0.29, 0.717) is 65.4 Å². The average molecular weight is 1090 g/mol. The van der Waals surface area contributed by atoms with Gasteiger partial charge in [-0.3, -0.25) is 24.2 Å². The van der Waals surface area contributed by atoms with Crippen LogP contribution in [-0.4, -0.2) is 145 Å². The molecule has 5 saturated heterocycles. The first-order valence-electron chi connectivity index (χ1n) is 28.8. The van der Waals surface area contributed by atoms with Crippen molar-refractivity contribution >= 4 is 45.1 Å². The lowest BCUT2D eigenvalue weighted by molar-refractivity contribution is -0.141. The maximum absolute atomic E-state index is 17.1. The smallest absolute Gasteiger partial charge is 0.319 e. The van der Waals surface area contributed by atoms with Crippen LogP contribution in [0.1, 0.15) is 95.1 Å². The number of pyridine rings is 1. The molecule has 80 heavy (non-hydrogen) atoms. The summed E-state index contributed by atoms with van der Waals surface area (Å²) in [5, 5.41) is 39.3. The molecule has 18 nitrogen and oxygen atoms in total. The van der Waals surface area contributed by atoms with E-state index in [9.17, 15) is 19.8 Å². The lowest BCUT2D eigenvalue weighted by atomic mass is 9.83. The summed E-state index contributed by atoms with van der Waals surface area (Å²) < 4.78 is 31.2. The molecule has 0 radical (unpaired) electrons. The van der Waals surface area contributed by atoms with Crippen LogP contribution >= 0.6 is 0 Å². The Morgan fingerprint density at radius 1 is 0.925 bits per heavy atom. The van der Waals surface area contributed by atoms with E-state index in [1.54, 1.807) is 24.5 Å². The van der Waals surface area contributed by atoms with Gasteiger partial charge in [0.05, 0.1) is 23.2 Å². The fourth-order valence-corrected chi connectivity index (χ4v) is 13.3. The number of rotatable bonds is 17. The van der Waals surface area contributed by atoms with Crippen LogP contribution < -0.4 is 25.2 Å². The number of piperidine rings is 1. The molecule has 4 N–H and O–H groups in total. The number of anilines is 2. The van der Waals surface area contributed by atoms with Gasteiger partial charge in [-0.2, -0.15) is 15.1 Å². The summed E-state index contributed by atoms with van der Waals surface area (Å²) in [6.45, 7) is 14.2. The van der Waals surface area contributed by atoms with Crippen LogP contribution in [0.3, 0.4) is 0 Å². The highest BCUT2D eigenvalue weighted by Gasteiger charge is 2.44. The van der Waals surface area contributed by atoms with Crippen molar-refractivity contribution in [3.63, 3.8) is 0 Å². The highest BCUT2D eigenvalue weighted by molar-refractivity contribution is 6.02. The Kier molecular flexibility index (Phi) is 14.9. The number of hydrogen-bond acceptors (Lipinski definition) is 15. The molecule has 420 valence electrons. The number of likely N-dealkylation sites (tertiary alicyclic amines) is 2. The van der Waals surface area contributed by atoms with Crippen molar-refractivity contribution in [2.24, 2.45) is 24.8 Å². The molecule has 9 heterocycles. The molecule has 12 rings (SSSR count). The first kappa shape index (κ1) is 53.4. The zero-order valence-electron chi connectivity index (χ0n) is 46.4.